The van der Waals surface area contributed by atoms with Crippen LogP contribution in [0.4, 0.5) is 0 Å². The van der Waals surface area contributed by atoms with Crippen molar-refractivity contribution in [2.75, 3.05) is 0 Å². The Balaban J connectivity index is 2.03. The van der Waals surface area contributed by atoms with Crippen LogP contribution in [0.2, 0.25) is 0 Å². The second-order valence-electron chi connectivity index (χ2n) is 8.17. The molecule has 0 spiro atoms. The summed E-state index contributed by atoms with van der Waals surface area (Å²) in [6.07, 6.45) is 4.95. The molecular formula is C21H23ClN2. The van der Waals surface area contributed by atoms with Crippen molar-refractivity contribution in [2.24, 2.45) is 11.3 Å². The van der Waals surface area contributed by atoms with Crippen LogP contribution in [-0.4, -0.2) is 16.4 Å². The zero-order valence-corrected chi connectivity index (χ0v) is 15.2. The van der Waals surface area contributed by atoms with E-state index < -0.39 is 0 Å². The number of rotatable bonds is 1. The number of halogens is 1. The lowest BCUT2D eigenvalue weighted by molar-refractivity contribution is 0.124. The fourth-order valence-corrected chi connectivity index (χ4v) is 5.64. The molecule has 0 saturated heterocycles. The summed E-state index contributed by atoms with van der Waals surface area (Å²) < 4.78 is 0. The molecule has 0 bridgehead atoms. The summed E-state index contributed by atoms with van der Waals surface area (Å²) >= 11 is 6.83. The van der Waals surface area contributed by atoms with E-state index in [9.17, 15) is 0 Å². The van der Waals surface area contributed by atoms with Gasteiger partial charge in [0, 0.05) is 17.1 Å². The summed E-state index contributed by atoms with van der Waals surface area (Å²) in [5, 5.41) is 1.26. The molecule has 0 radical (unpaired) electrons. The monoisotopic (exact) mass is 338 g/mol. The fourth-order valence-electron chi connectivity index (χ4n) is 5.22. The highest BCUT2D eigenvalue weighted by molar-refractivity contribution is 6.21. The van der Waals surface area contributed by atoms with Gasteiger partial charge in [0.05, 0.1) is 16.7 Å². The zero-order valence-electron chi connectivity index (χ0n) is 14.4. The van der Waals surface area contributed by atoms with Crippen molar-refractivity contribution in [3.05, 3.63) is 59.6 Å². The summed E-state index contributed by atoms with van der Waals surface area (Å²) in [7, 11) is 0. The highest BCUT2D eigenvalue weighted by Crippen LogP contribution is 2.60. The van der Waals surface area contributed by atoms with Crippen molar-refractivity contribution in [2.45, 2.75) is 49.9 Å². The highest BCUT2D eigenvalue weighted by Gasteiger charge is 2.60. The summed E-state index contributed by atoms with van der Waals surface area (Å²) in [6.45, 7) is 18.7. The molecule has 1 N–H and O–H groups in total. The first-order chi connectivity index (χ1) is 11.4. The molecule has 2 aliphatic carbocycles. The van der Waals surface area contributed by atoms with Gasteiger partial charge in [0.2, 0.25) is 6.04 Å². The molecule has 24 heavy (non-hydrogen) atoms. The van der Waals surface area contributed by atoms with Gasteiger partial charge in [-0.2, -0.15) is 0 Å². The Hall–Kier alpha value is -1.72. The molecule has 1 heterocycles. The van der Waals surface area contributed by atoms with E-state index in [0.29, 0.717) is 5.92 Å². The van der Waals surface area contributed by atoms with Gasteiger partial charge < -0.3 is 9.83 Å². The predicted molar refractivity (Wildman–Crippen MR) is 101 cm³/mol. The van der Waals surface area contributed by atoms with Gasteiger partial charge >= 0.3 is 0 Å². The molecule has 2 aromatic rings. The second-order valence-corrected chi connectivity index (χ2v) is 8.70. The van der Waals surface area contributed by atoms with Crippen LogP contribution in [0.1, 0.15) is 44.2 Å². The SMILES string of the molecule is [C-]#[N+][C@@H]1[C@H]2c3c[nH]c4cccc(c34)C(C)(C)[C@H]2C[C@@H](Cl)[C@@]1(C)C=C. The molecule has 0 unspecified atom stereocenters. The number of nitrogens with one attached hydrogen (secondary N) is 1. The molecule has 1 fully saturated rings. The second kappa shape index (κ2) is 4.90. The van der Waals surface area contributed by atoms with Gasteiger partial charge in [-0.1, -0.05) is 32.1 Å². The average molecular weight is 339 g/mol. The van der Waals surface area contributed by atoms with Crippen molar-refractivity contribution in [1.82, 2.24) is 4.98 Å². The maximum atomic E-state index is 7.94. The number of hydrogen-bond acceptors (Lipinski definition) is 0. The van der Waals surface area contributed by atoms with E-state index in [4.69, 9.17) is 18.2 Å². The molecule has 1 aromatic heterocycles. The number of nitrogens with zero attached hydrogens (tertiary/aromatic N) is 1. The number of fused-ring (bicyclic) bond motifs is 2. The van der Waals surface area contributed by atoms with Crippen LogP contribution < -0.4 is 0 Å². The third-order valence-electron chi connectivity index (χ3n) is 6.84. The number of aromatic nitrogens is 1. The number of hydrogen-bond donors (Lipinski definition) is 1. The Bertz CT molecular complexity index is 872. The minimum atomic E-state index is -0.365. The van der Waals surface area contributed by atoms with Crippen LogP contribution in [0.5, 0.6) is 0 Å². The van der Waals surface area contributed by atoms with Crippen LogP contribution in [0.15, 0.2) is 37.1 Å². The summed E-state index contributed by atoms with van der Waals surface area (Å²) in [4.78, 5) is 7.52. The molecule has 1 aromatic carbocycles. The average Bonchev–Trinajstić information content (AvgIpc) is 2.99. The lowest BCUT2D eigenvalue weighted by atomic mass is 9.51. The third-order valence-corrected chi connectivity index (χ3v) is 7.49. The van der Waals surface area contributed by atoms with Gasteiger partial charge in [-0.15, -0.1) is 18.2 Å². The first-order valence-electron chi connectivity index (χ1n) is 8.61. The maximum absolute atomic E-state index is 7.94. The van der Waals surface area contributed by atoms with Crippen molar-refractivity contribution < 1.29 is 0 Å². The Morgan fingerprint density at radius 2 is 2.12 bits per heavy atom. The molecule has 0 aliphatic heterocycles. The number of alkyl halides is 1. The molecule has 1 saturated carbocycles. The van der Waals surface area contributed by atoms with E-state index in [1.165, 1.54) is 22.0 Å². The molecule has 2 aliphatic rings. The van der Waals surface area contributed by atoms with Crippen LogP contribution in [0.3, 0.4) is 0 Å². The molecule has 5 atom stereocenters. The Kier molecular flexibility index (Phi) is 3.22. The maximum Gasteiger partial charge on any atom is 0.240 e. The van der Waals surface area contributed by atoms with E-state index >= 15 is 0 Å². The van der Waals surface area contributed by atoms with E-state index in [1.807, 2.05) is 6.08 Å². The molecule has 2 nitrogen and oxygen atoms in total. The van der Waals surface area contributed by atoms with E-state index in [2.05, 4.69) is 61.6 Å². The van der Waals surface area contributed by atoms with Crippen molar-refractivity contribution in [1.29, 1.82) is 0 Å². The zero-order chi connectivity index (χ0) is 17.3. The van der Waals surface area contributed by atoms with E-state index in [0.717, 1.165) is 6.42 Å². The molecule has 0 amide bonds. The lowest BCUT2D eigenvalue weighted by Crippen LogP contribution is -2.54. The van der Waals surface area contributed by atoms with Crippen LogP contribution in [0.25, 0.3) is 15.7 Å². The van der Waals surface area contributed by atoms with Gasteiger partial charge in [-0.25, -0.2) is 6.57 Å². The Labute approximate surface area is 148 Å². The number of aromatic amines is 1. The normalized spacial score (nSPS) is 36.8. The molecule has 3 heteroatoms. The largest absolute Gasteiger partial charge is 0.361 e. The standard InChI is InChI=1S/C21H23ClN2/c1-6-21(4)16(22)10-14-18(19(21)23-5)12-11-24-15-9-7-8-13(17(12)15)20(14,2)3/h6-9,11,14,16,18-19,24H,1,10H2,2-4H3/t14-,16+,18-,19+,21+/m0/s1. The Morgan fingerprint density at radius 1 is 1.38 bits per heavy atom. The van der Waals surface area contributed by atoms with Crippen LogP contribution in [-0.2, 0) is 5.41 Å². The molecular weight excluding hydrogens is 316 g/mol. The van der Waals surface area contributed by atoms with Crippen molar-refractivity contribution in [3.63, 3.8) is 0 Å². The first kappa shape index (κ1) is 15.8. The predicted octanol–water partition coefficient (Wildman–Crippen LogP) is 5.65. The van der Waals surface area contributed by atoms with Crippen molar-refractivity contribution >= 4 is 22.5 Å². The van der Waals surface area contributed by atoms with Gasteiger partial charge in [0.15, 0.2) is 0 Å². The minimum absolute atomic E-state index is 0.00203. The number of benzene rings is 1. The molecule has 124 valence electrons. The Morgan fingerprint density at radius 3 is 2.79 bits per heavy atom. The van der Waals surface area contributed by atoms with Gasteiger partial charge in [0.1, 0.15) is 0 Å². The summed E-state index contributed by atoms with van der Waals surface area (Å²) in [5.74, 6) is 0.556. The third kappa shape index (κ3) is 1.72. The van der Waals surface area contributed by atoms with Gasteiger partial charge in [0.25, 0.3) is 0 Å². The van der Waals surface area contributed by atoms with Gasteiger partial charge in [-0.05, 0) is 41.9 Å². The number of H-pyrrole nitrogens is 1. The molecule has 4 rings (SSSR count). The van der Waals surface area contributed by atoms with Crippen molar-refractivity contribution in [3.8, 4) is 0 Å². The highest BCUT2D eigenvalue weighted by atomic mass is 35.5. The first-order valence-corrected chi connectivity index (χ1v) is 9.04. The fraction of sp³-hybridized carbons (Fsp3) is 0.476. The lowest BCUT2D eigenvalue weighted by Gasteiger charge is -2.52. The quantitative estimate of drug-likeness (QED) is 0.394. The van der Waals surface area contributed by atoms with E-state index in [-0.39, 0.29) is 28.2 Å². The van der Waals surface area contributed by atoms with Gasteiger partial charge in [-0.3, -0.25) is 0 Å². The summed E-state index contributed by atoms with van der Waals surface area (Å²) in [6, 6.07) is 6.32. The summed E-state index contributed by atoms with van der Waals surface area (Å²) in [5.41, 5.74) is 3.48. The van der Waals surface area contributed by atoms with E-state index in [1.54, 1.807) is 0 Å². The smallest absolute Gasteiger partial charge is 0.240 e. The minimum Gasteiger partial charge on any atom is -0.361 e. The van der Waals surface area contributed by atoms with Crippen LogP contribution in [0, 0.1) is 17.9 Å². The topological polar surface area (TPSA) is 20.1 Å². The van der Waals surface area contributed by atoms with Crippen LogP contribution >= 0.6 is 11.6 Å².